The maximum atomic E-state index is 12.6. The maximum Gasteiger partial charge on any atom is 0.472 e. The number of carbonyl (C=O) groups excluding carboxylic acids is 2. The molecule has 0 aliphatic rings. The minimum Gasteiger partial charge on any atom is -0.480 e. The zero-order valence-electron chi connectivity index (χ0n) is 32.3. The van der Waals surface area contributed by atoms with Gasteiger partial charge in [-0.3, -0.25) is 23.4 Å². The Labute approximate surface area is 319 Å². The first kappa shape index (κ1) is 49.9. The zero-order valence-corrected chi connectivity index (χ0v) is 33.2. The molecule has 53 heavy (non-hydrogen) atoms. The molecule has 0 rings (SSSR count). The molecule has 0 aromatic rings. The number of hydrogen-bond acceptors (Lipinski definition) is 9. The van der Waals surface area contributed by atoms with Gasteiger partial charge in [0.1, 0.15) is 12.6 Å². The summed E-state index contributed by atoms with van der Waals surface area (Å²) < 4.78 is 32.5. The van der Waals surface area contributed by atoms with Gasteiger partial charge in [0.25, 0.3) is 0 Å². The molecule has 4 N–H and O–H groups in total. The Morgan fingerprint density at radius 1 is 0.604 bits per heavy atom. The van der Waals surface area contributed by atoms with Crippen molar-refractivity contribution < 1.29 is 47.5 Å². The minimum absolute atomic E-state index is 0.132. The normalized spacial score (nSPS) is 14.6. The summed E-state index contributed by atoms with van der Waals surface area (Å²) in [6.45, 7) is 2.56. The molecule has 0 aliphatic heterocycles. The molecular formula is C41H68NO10P. The molecule has 11 nitrogen and oxygen atoms in total. The van der Waals surface area contributed by atoms with E-state index < -0.39 is 51.1 Å². The molecule has 0 spiro atoms. The van der Waals surface area contributed by atoms with Crippen LogP contribution in [0.5, 0.6) is 0 Å². The Morgan fingerprint density at radius 2 is 1.06 bits per heavy atom. The van der Waals surface area contributed by atoms with Gasteiger partial charge in [-0.2, -0.15) is 0 Å². The molecule has 0 amide bonds. The lowest BCUT2D eigenvalue weighted by Gasteiger charge is -2.20. The average molecular weight is 766 g/mol. The second-order valence-corrected chi connectivity index (χ2v) is 14.1. The number of unbranched alkanes of at least 4 members (excludes halogenated alkanes) is 9. The lowest BCUT2D eigenvalue weighted by Crippen LogP contribution is -2.34. The van der Waals surface area contributed by atoms with Crippen molar-refractivity contribution in [2.75, 3.05) is 19.8 Å². The predicted molar refractivity (Wildman–Crippen MR) is 212 cm³/mol. The van der Waals surface area contributed by atoms with E-state index in [2.05, 4.69) is 91.3 Å². The fraction of sp³-hybridized carbons (Fsp3) is 0.634. The summed E-state index contributed by atoms with van der Waals surface area (Å²) in [4.78, 5) is 45.8. The summed E-state index contributed by atoms with van der Waals surface area (Å²) in [5.74, 6) is -2.46. The highest BCUT2D eigenvalue weighted by Gasteiger charge is 2.28. The van der Waals surface area contributed by atoms with E-state index in [1.165, 1.54) is 12.8 Å². The molecule has 0 heterocycles. The van der Waals surface area contributed by atoms with Crippen molar-refractivity contribution in [3.8, 4) is 0 Å². The van der Waals surface area contributed by atoms with E-state index in [1.807, 2.05) is 0 Å². The first-order valence-electron chi connectivity index (χ1n) is 19.5. The van der Waals surface area contributed by atoms with Gasteiger partial charge in [-0.05, 0) is 77.0 Å². The highest BCUT2D eigenvalue weighted by Crippen LogP contribution is 2.43. The number of esters is 2. The van der Waals surface area contributed by atoms with Crippen molar-refractivity contribution in [3.63, 3.8) is 0 Å². The van der Waals surface area contributed by atoms with Gasteiger partial charge >= 0.3 is 25.7 Å². The number of carboxylic acids is 1. The quantitative estimate of drug-likeness (QED) is 0.0243. The van der Waals surface area contributed by atoms with Crippen LogP contribution in [-0.4, -0.2) is 59.9 Å². The van der Waals surface area contributed by atoms with Gasteiger partial charge in [0.15, 0.2) is 6.10 Å². The van der Waals surface area contributed by atoms with Gasteiger partial charge in [0, 0.05) is 12.8 Å². The number of hydrogen-bond donors (Lipinski definition) is 3. The summed E-state index contributed by atoms with van der Waals surface area (Å²) in [6, 6.07) is -1.53. The van der Waals surface area contributed by atoms with E-state index in [9.17, 15) is 23.8 Å². The van der Waals surface area contributed by atoms with E-state index in [0.29, 0.717) is 12.8 Å². The summed E-state index contributed by atoms with van der Waals surface area (Å²) in [7, 11) is -4.73. The first-order valence-corrected chi connectivity index (χ1v) is 21.0. The van der Waals surface area contributed by atoms with Crippen LogP contribution in [0.3, 0.4) is 0 Å². The molecule has 1 unspecified atom stereocenters. The molecule has 3 atom stereocenters. The van der Waals surface area contributed by atoms with E-state index in [1.54, 1.807) is 0 Å². The van der Waals surface area contributed by atoms with Crippen LogP contribution < -0.4 is 5.73 Å². The van der Waals surface area contributed by atoms with Crippen LogP contribution in [0.2, 0.25) is 0 Å². The van der Waals surface area contributed by atoms with Crippen molar-refractivity contribution in [2.24, 2.45) is 5.73 Å². The molecule has 12 heteroatoms. The van der Waals surface area contributed by atoms with Crippen molar-refractivity contribution in [1.82, 2.24) is 0 Å². The number of carbonyl (C=O) groups is 3. The smallest absolute Gasteiger partial charge is 0.472 e. The van der Waals surface area contributed by atoms with Gasteiger partial charge in [-0.1, -0.05) is 119 Å². The second kappa shape index (κ2) is 35.9. The highest BCUT2D eigenvalue weighted by molar-refractivity contribution is 7.47. The molecule has 0 saturated heterocycles. The van der Waals surface area contributed by atoms with Crippen LogP contribution in [0.25, 0.3) is 0 Å². The fourth-order valence-corrected chi connectivity index (χ4v) is 5.38. The molecule has 0 bridgehead atoms. The van der Waals surface area contributed by atoms with Gasteiger partial charge in [0.2, 0.25) is 0 Å². The van der Waals surface area contributed by atoms with Gasteiger partial charge in [0.05, 0.1) is 13.2 Å². The van der Waals surface area contributed by atoms with Crippen molar-refractivity contribution in [3.05, 3.63) is 72.9 Å². The summed E-state index contributed by atoms with van der Waals surface area (Å²) in [5.41, 5.74) is 5.31. The number of carboxylic acid groups (broad SMARTS) is 1. The standard InChI is InChI=1S/C41H68NO10P/c1-3-5-7-9-11-13-15-17-19-21-22-24-26-28-30-32-39(43)49-34-37(35-50-53(47,48)51-36-38(42)41(45)46)52-40(44)33-31-29-27-25-23-20-18-16-14-12-10-8-6-4-2/h5,7,10-13,16-19,22,24,37-38H,3-4,6,8-9,14-15,20-21,23,25-36,42H2,1-2H3,(H,45,46)(H,47,48)/b7-5-,12-10-,13-11-,18-16-,19-17-,24-22-/t37-,38+/m1/s1. The third kappa shape index (κ3) is 35.7. The third-order valence-corrected chi connectivity index (χ3v) is 8.64. The summed E-state index contributed by atoms with van der Waals surface area (Å²) in [5, 5.41) is 8.86. The van der Waals surface area contributed by atoms with Crippen LogP contribution in [0.1, 0.15) is 136 Å². The number of aliphatic carboxylic acids is 1. The topological polar surface area (TPSA) is 172 Å². The Hall–Kier alpha value is -3.08. The lowest BCUT2D eigenvalue weighted by atomic mass is 10.1. The monoisotopic (exact) mass is 765 g/mol. The predicted octanol–water partition coefficient (Wildman–Crippen LogP) is 9.78. The van der Waals surface area contributed by atoms with Gasteiger partial charge in [-0.15, -0.1) is 0 Å². The molecule has 302 valence electrons. The van der Waals surface area contributed by atoms with Crippen molar-refractivity contribution in [2.45, 2.75) is 148 Å². The van der Waals surface area contributed by atoms with E-state index in [0.717, 1.165) is 83.5 Å². The first-order chi connectivity index (χ1) is 25.6. The molecule has 0 aromatic heterocycles. The summed E-state index contributed by atoms with van der Waals surface area (Å²) >= 11 is 0. The Morgan fingerprint density at radius 3 is 1.62 bits per heavy atom. The number of allylic oxidation sites excluding steroid dienone is 12. The molecule has 0 fully saturated rings. The number of phosphoric acid groups is 1. The Bertz CT molecular complexity index is 1180. The SMILES string of the molecule is CC/C=C\C/C=C\C/C=C\C/C=C\CCCCC(=O)OC[C@H](COP(=O)(O)OC[C@H](N)C(=O)O)OC(=O)CCCCCCC/C=C\C/C=C\CCCC. The van der Waals surface area contributed by atoms with Crippen molar-refractivity contribution in [1.29, 1.82) is 0 Å². The second-order valence-electron chi connectivity index (χ2n) is 12.7. The molecule has 0 radical (unpaired) electrons. The highest BCUT2D eigenvalue weighted by atomic mass is 31.2. The molecule has 0 aromatic carbocycles. The number of rotatable bonds is 35. The third-order valence-electron chi connectivity index (χ3n) is 7.69. The number of ether oxygens (including phenoxy) is 2. The van der Waals surface area contributed by atoms with Crippen molar-refractivity contribution >= 4 is 25.7 Å². The van der Waals surface area contributed by atoms with Crippen LogP contribution in [0.4, 0.5) is 0 Å². The van der Waals surface area contributed by atoms with E-state index in [4.69, 9.17) is 24.8 Å². The van der Waals surface area contributed by atoms with E-state index >= 15 is 0 Å². The Balaban J connectivity index is 4.54. The Kier molecular flexibility index (Phi) is 33.8. The van der Waals surface area contributed by atoms with Gasteiger partial charge < -0.3 is 25.2 Å². The maximum absolute atomic E-state index is 12.6. The van der Waals surface area contributed by atoms with Crippen LogP contribution in [-0.2, 0) is 37.5 Å². The molecule has 0 aliphatic carbocycles. The van der Waals surface area contributed by atoms with Crippen LogP contribution in [0.15, 0.2) is 72.9 Å². The molecular weight excluding hydrogens is 697 g/mol. The van der Waals surface area contributed by atoms with Crippen LogP contribution >= 0.6 is 7.82 Å². The van der Waals surface area contributed by atoms with Gasteiger partial charge in [-0.25, -0.2) is 4.57 Å². The zero-order chi connectivity index (χ0) is 39.3. The lowest BCUT2D eigenvalue weighted by molar-refractivity contribution is -0.161. The summed E-state index contributed by atoms with van der Waals surface area (Å²) in [6.07, 6.45) is 41.2. The average Bonchev–Trinajstić information content (AvgIpc) is 3.13. The molecule has 0 saturated carbocycles. The number of nitrogens with two attached hydrogens (primary N) is 1. The fourth-order valence-electron chi connectivity index (χ4n) is 4.60. The largest absolute Gasteiger partial charge is 0.480 e. The number of phosphoric ester groups is 1. The minimum atomic E-state index is -4.73. The van der Waals surface area contributed by atoms with E-state index in [-0.39, 0.29) is 19.4 Å². The van der Waals surface area contributed by atoms with Crippen LogP contribution in [0, 0.1) is 0 Å².